The van der Waals surface area contributed by atoms with Gasteiger partial charge in [-0.05, 0) is 68.8 Å². The van der Waals surface area contributed by atoms with Crippen LogP contribution in [-0.4, -0.2) is 13.3 Å². The molecule has 0 heterocycles. The molecule has 0 spiro atoms. The van der Waals surface area contributed by atoms with Crippen LogP contribution >= 0.6 is 11.8 Å². The molecule has 0 bridgehead atoms. The molecule has 1 N–H and O–H groups in total. The fraction of sp³-hybridized carbons (Fsp3) is 0.368. The van der Waals surface area contributed by atoms with Crippen molar-refractivity contribution >= 4 is 11.8 Å². The van der Waals surface area contributed by atoms with Gasteiger partial charge in [-0.1, -0.05) is 35.9 Å². The minimum atomic E-state index is 0.355. The van der Waals surface area contributed by atoms with Crippen molar-refractivity contribution in [2.45, 2.75) is 38.1 Å². The van der Waals surface area contributed by atoms with Crippen LogP contribution < -0.4 is 5.32 Å². The van der Waals surface area contributed by atoms with Crippen molar-refractivity contribution in [2.24, 2.45) is 0 Å². The predicted octanol–water partition coefficient (Wildman–Crippen LogP) is 4.84. The first-order chi connectivity index (χ1) is 10.1. The van der Waals surface area contributed by atoms with E-state index in [0.717, 1.165) is 6.42 Å². The lowest BCUT2D eigenvalue weighted by Gasteiger charge is -2.22. The third-order valence-corrected chi connectivity index (χ3v) is 4.92. The van der Waals surface area contributed by atoms with Crippen molar-refractivity contribution in [2.75, 3.05) is 13.3 Å². The average molecular weight is 299 g/mol. The zero-order valence-corrected chi connectivity index (χ0v) is 14.5. The summed E-state index contributed by atoms with van der Waals surface area (Å²) in [6.45, 7) is 6.62. The molecule has 0 aliphatic rings. The summed E-state index contributed by atoms with van der Waals surface area (Å²) >= 11 is 1.82. The number of nitrogens with one attached hydrogen (secondary N) is 1. The van der Waals surface area contributed by atoms with Crippen molar-refractivity contribution < 1.29 is 0 Å². The van der Waals surface area contributed by atoms with Crippen LogP contribution in [0.1, 0.15) is 33.9 Å². The Balaban J connectivity index is 2.36. The number of hydrogen-bond acceptors (Lipinski definition) is 2. The highest BCUT2D eigenvalue weighted by molar-refractivity contribution is 7.98. The average Bonchev–Trinajstić information content (AvgIpc) is 2.46. The zero-order chi connectivity index (χ0) is 15.4. The molecule has 112 valence electrons. The Kier molecular flexibility index (Phi) is 5.49. The number of thioether (sulfide) groups is 1. The lowest BCUT2D eigenvalue weighted by Crippen LogP contribution is -2.20. The topological polar surface area (TPSA) is 12.0 Å². The molecule has 1 nitrogen and oxygen atoms in total. The quantitative estimate of drug-likeness (QED) is 0.793. The van der Waals surface area contributed by atoms with Crippen molar-refractivity contribution in [3.63, 3.8) is 0 Å². The Morgan fingerprint density at radius 1 is 1.05 bits per heavy atom. The second-order valence-corrected chi connectivity index (χ2v) is 6.51. The molecule has 0 saturated carbocycles. The Bertz CT molecular complexity index is 596. The summed E-state index contributed by atoms with van der Waals surface area (Å²) in [5.74, 6) is 0. The summed E-state index contributed by atoms with van der Waals surface area (Å²) in [5, 5.41) is 3.50. The molecule has 0 aliphatic heterocycles. The molecule has 0 aromatic heterocycles. The van der Waals surface area contributed by atoms with E-state index in [1.807, 2.05) is 11.8 Å². The molecule has 0 radical (unpaired) electrons. The van der Waals surface area contributed by atoms with E-state index in [4.69, 9.17) is 0 Å². The van der Waals surface area contributed by atoms with Crippen LogP contribution in [0.15, 0.2) is 41.3 Å². The number of rotatable bonds is 5. The normalized spacial score (nSPS) is 12.4. The first-order valence-electron chi connectivity index (χ1n) is 7.43. The van der Waals surface area contributed by atoms with E-state index in [0.29, 0.717) is 6.04 Å². The summed E-state index contributed by atoms with van der Waals surface area (Å²) in [6.07, 6.45) is 3.18. The van der Waals surface area contributed by atoms with Gasteiger partial charge in [-0.25, -0.2) is 0 Å². The lowest BCUT2D eigenvalue weighted by molar-refractivity contribution is 0.580. The van der Waals surface area contributed by atoms with Crippen LogP contribution in [0, 0.1) is 20.8 Å². The Morgan fingerprint density at radius 2 is 1.67 bits per heavy atom. The summed E-state index contributed by atoms with van der Waals surface area (Å²) in [5.41, 5.74) is 7.01. The van der Waals surface area contributed by atoms with Gasteiger partial charge in [-0.3, -0.25) is 0 Å². The Morgan fingerprint density at radius 3 is 2.24 bits per heavy atom. The second-order valence-electron chi connectivity index (χ2n) is 5.66. The minimum Gasteiger partial charge on any atom is -0.313 e. The van der Waals surface area contributed by atoms with Crippen molar-refractivity contribution in [3.05, 3.63) is 64.2 Å². The molecule has 0 fully saturated rings. The highest BCUT2D eigenvalue weighted by atomic mass is 32.2. The summed E-state index contributed by atoms with van der Waals surface area (Å²) in [4.78, 5) is 1.36. The fourth-order valence-corrected chi connectivity index (χ4v) is 3.72. The first kappa shape index (κ1) is 16.1. The highest BCUT2D eigenvalue weighted by Gasteiger charge is 2.16. The van der Waals surface area contributed by atoms with Crippen LogP contribution in [0.25, 0.3) is 0 Å². The van der Waals surface area contributed by atoms with Gasteiger partial charge in [0.25, 0.3) is 0 Å². The predicted molar refractivity (Wildman–Crippen MR) is 94.4 cm³/mol. The molecule has 2 aromatic rings. The van der Waals surface area contributed by atoms with Crippen LogP contribution in [0.2, 0.25) is 0 Å². The van der Waals surface area contributed by atoms with Gasteiger partial charge in [0.15, 0.2) is 0 Å². The van der Waals surface area contributed by atoms with E-state index in [2.05, 4.69) is 75.8 Å². The smallest absolute Gasteiger partial charge is 0.0369 e. The van der Waals surface area contributed by atoms with Crippen molar-refractivity contribution in [1.82, 2.24) is 5.32 Å². The monoisotopic (exact) mass is 299 g/mol. The molecule has 2 aromatic carbocycles. The maximum atomic E-state index is 3.50. The molecule has 0 amide bonds. The molecular weight excluding hydrogens is 274 g/mol. The summed E-state index contributed by atoms with van der Waals surface area (Å²) in [6, 6.07) is 13.6. The van der Waals surface area contributed by atoms with Crippen LogP contribution in [0.3, 0.4) is 0 Å². The maximum absolute atomic E-state index is 3.50. The van der Waals surface area contributed by atoms with Gasteiger partial charge < -0.3 is 5.32 Å². The van der Waals surface area contributed by atoms with Gasteiger partial charge in [-0.15, -0.1) is 11.8 Å². The van der Waals surface area contributed by atoms with E-state index in [9.17, 15) is 0 Å². The van der Waals surface area contributed by atoms with E-state index in [1.54, 1.807) is 0 Å². The third-order valence-electron chi connectivity index (χ3n) is 4.11. The van der Waals surface area contributed by atoms with Gasteiger partial charge in [0, 0.05) is 10.9 Å². The third kappa shape index (κ3) is 3.69. The second kappa shape index (κ2) is 7.15. The largest absolute Gasteiger partial charge is 0.313 e. The van der Waals surface area contributed by atoms with E-state index >= 15 is 0 Å². The number of aryl methyl sites for hydroxylation is 3. The number of likely N-dealkylation sites (N-methyl/N-ethyl adjacent to an activating group) is 1. The highest BCUT2D eigenvalue weighted by Crippen LogP contribution is 2.29. The molecule has 0 saturated heterocycles. The van der Waals surface area contributed by atoms with E-state index in [1.165, 1.54) is 32.7 Å². The maximum Gasteiger partial charge on any atom is 0.0369 e. The van der Waals surface area contributed by atoms with Crippen LogP contribution in [0.4, 0.5) is 0 Å². The van der Waals surface area contributed by atoms with E-state index in [-0.39, 0.29) is 0 Å². The number of hydrogen-bond donors (Lipinski definition) is 1. The fourth-order valence-electron chi connectivity index (χ4n) is 3.06. The lowest BCUT2D eigenvalue weighted by atomic mass is 9.91. The Labute approximate surface area is 133 Å². The van der Waals surface area contributed by atoms with Gasteiger partial charge >= 0.3 is 0 Å². The van der Waals surface area contributed by atoms with Crippen LogP contribution in [-0.2, 0) is 6.42 Å². The van der Waals surface area contributed by atoms with Gasteiger partial charge in [-0.2, -0.15) is 0 Å². The molecule has 2 heteroatoms. The Hall–Kier alpha value is -1.25. The summed E-state index contributed by atoms with van der Waals surface area (Å²) in [7, 11) is 2.06. The summed E-state index contributed by atoms with van der Waals surface area (Å²) < 4.78 is 0. The molecule has 1 unspecified atom stereocenters. The van der Waals surface area contributed by atoms with Crippen molar-refractivity contribution in [3.8, 4) is 0 Å². The standard InChI is InChI=1S/C19H25NS/c1-13-10-14(2)17(15(3)11-13)12-18(20-4)16-8-6-7-9-19(16)21-5/h6-11,18,20H,12H2,1-5H3. The van der Waals surface area contributed by atoms with Gasteiger partial charge in [0.1, 0.15) is 0 Å². The van der Waals surface area contributed by atoms with Crippen molar-refractivity contribution in [1.29, 1.82) is 0 Å². The SMILES string of the molecule is CNC(Cc1c(C)cc(C)cc1C)c1ccccc1SC. The molecule has 1 atom stereocenters. The van der Waals surface area contributed by atoms with Crippen LogP contribution in [0.5, 0.6) is 0 Å². The zero-order valence-electron chi connectivity index (χ0n) is 13.7. The first-order valence-corrected chi connectivity index (χ1v) is 8.66. The molecule has 2 rings (SSSR count). The molecule has 21 heavy (non-hydrogen) atoms. The van der Waals surface area contributed by atoms with Gasteiger partial charge in [0.05, 0.1) is 0 Å². The molecular formula is C19H25NS. The minimum absolute atomic E-state index is 0.355. The van der Waals surface area contributed by atoms with Gasteiger partial charge in [0.2, 0.25) is 0 Å². The number of benzene rings is 2. The van der Waals surface area contributed by atoms with E-state index < -0.39 is 0 Å². The molecule has 0 aliphatic carbocycles.